The molecule has 0 amide bonds. The Bertz CT molecular complexity index is 1390. The van der Waals surface area contributed by atoms with Crippen LogP contribution in [0.5, 0.6) is 0 Å². The number of aromatic nitrogens is 2. The number of nitrogen functional groups attached to an aromatic ring is 1. The van der Waals surface area contributed by atoms with Crippen molar-refractivity contribution in [3.05, 3.63) is 70.0 Å². The number of benzene rings is 2. The molecule has 4 rings (SSSR count). The molecular formula is C27H34N4O6. The number of aromatic amines is 2. The van der Waals surface area contributed by atoms with E-state index in [2.05, 4.69) is 9.97 Å². The van der Waals surface area contributed by atoms with Crippen LogP contribution in [0, 0.1) is 10.1 Å². The first kappa shape index (κ1) is 28.9. The van der Waals surface area contributed by atoms with E-state index in [1.807, 2.05) is 31.2 Å². The van der Waals surface area contributed by atoms with Crippen molar-refractivity contribution in [2.45, 2.75) is 47.0 Å². The van der Waals surface area contributed by atoms with Gasteiger partial charge in [-0.05, 0) is 64.1 Å². The van der Waals surface area contributed by atoms with Gasteiger partial charge in [0.1, 0.15) is 0 Å². The lowest BCUT2D eigenvalue weighted by Gasteiger charge is -2.07. The number of nitro groups is 1. The molecule has 0 aliphatic heterocycles. The number of nitro benzene ring substituents is 1. The predicted octanol–water partition coefficient (Wildman–Crippen LogP) is 5.80. The zero-order valence-corrected chi connectivity index (χ0v) is 20.7. The number of anilines is 1. The van der Waals surface area contributed by atoms with Gasteiger partial charge in [-0.1, -0.05) is 7.43 Å². The van der Waals surface area contributed by atoms with E-state index in [4.69, 9.17) is 15.2 Å². The van der Waals surface area contributed by atoms with Crippen molar-refractivity contribution in [2.24, 2.45) is 0 Å². The Morgan fingerprint density at radius 1 is 0.865 bits per heavy atom. The van der Waals surface area contributed by atoms with Crippen molar-refractivity contribution >= 4 is 45.1 Å². The third-order valence-electron chi connectivity index (χ3n) is 5.71. The second kappa shape index (κ2) is 12.6. The summed E-state index contributed by atoms with van der Waals surface area (Å²) in [6.45, 7) is 7.84. The fourth-order valence-corrected chi connectivity index (χ4v) is 3.68. The summed E-state index contributed by atoms with van der Waals surface area (Å²) in [5, 5.41) is 12.4. The van der Waals surface area contributed by atoms with Gasteiger partial charge in [-0.25, -0.2) is 0 Å². The molecule has 0 aliphatic rings. The first-order valence-electron chi connectivity index (χ1n) is 11.6. The second-order valence-electron chi connectivity index (χ2n) is 8.27. The maximum atomic E-state index is 11.6. The van der Waals surface area contributed by atoms with Gasteiger partial charge in [0.2, 0.25) is 0 Å². The van der Waals surface area contributed by atoms with Crippen LogP contribution in [0.3, 0.4) is 0 Å². The Labute approximate surface area is 215 Å². The molecule has 4 aromatic rings. The van der Waals surface area contributed by atoms with Crippen LogP contribution in [0.4, 0.5) is 11.4 Å². The molecule has 10 heteroatoms. The lowest BCUT2D eigenvalue weighted by Crippen LogP contribution is -2.13. The summed E-state index contributed by atoms with van der Waals surface area (Å²) in [6.07, 6.45) is 0. The Morgan fingerprint density at radius 2 is 1.32 bits per heavy atom. The SMILES string of the molecule is C.CCOC(=O)C(C)c1cc2cc(N)ccc2[nH]1.CCOC(=O)C(C)c1cc2cc([N+](=O)[O-])ccc2[nH]1. The number of fused-ring (bicyclic) bond motifs is 2. The average molecular weight is 511 g/mol. The Hall–Kier alpha value is -4.34. The van der Waals surface area contributed by atoms with Crippen LogP contribution >= 0.6 is 0 Å². The highest BCUT2D eigenvalue weighted by molar-refractivity contribution is 5.87. The first-order valence-corrected chi connectivity index (χ1v) is 11.6. The molecule has 0 bridgehead atoms. The number of non-ortho nitro benzene ring substituents is 1. The highest BCUT2D eigenvalue weighted by atomic mass is 16.6. The van der Waals surface area contributed by atoms with Gasteiger partial charge >= 0.3 is 11.9 Å². The largest absolute Gasteiger partial charge is 0.465 e. The molecule has 2 aromatic carbocycles. The van der Waals surface area contributed by atoms with Crippen LogP contribution in [0.2, 0.25) is 0 Å². The summed E-state index contributed by atoms with van der Waals surface area (Å²) in [5.74, 6) is -1.24. The average Bonchev–Trinajstić information content (AvgIpc) is 3.47. The molecular weight excluding hydrogens is 476 g/mol. The second-order valence-corrected chi connectivity index (χ2v) is 8.27. The predicted molar refractivity (Wildman–Crippen MR) is 144 cm³/mol. The third kappa shape index (κ3) is 6.87. The molecule has 0 radical (unpaired) electrons. The number of nitrogens with one attached hydrogen (secondary N) is 2. The summed E-state index contributed by atoms with van der Waals surface area (Å²) in [4.78, 5) is 39.8. The highest BCUT2D eigenvalue weighted by Gasteiger charge is 2.20. The normalized spacial score (nSPS) is 12.1. The van der Waals surface area contributed by atoms with Crippen molar-refractivity contribution in [3.8, 4) is 0 Å². The monoisotopic (exact) mass is 510 g/mol. The number of ether oxygens (including phenoxy) is 2. The molecule has 0 saturated carbocycles. The number of hydrogen-bond acceptors (Lipinski definition) is 7. The van der Waals surface area contributed by atoms with Crippen LogP contribution in [-0.4, -0.2) is 40.0 Å². The zero-order valence-electron chi connectivity index (χ0n) is 20.7. The van der Waals surface area contributed by atoms with E-state index in [0.717, 1.165) is 22.1 Å². The smallest absolute Gasteiger partial charge is 0.314 e. The molecule has 0 fully saturated rings. The Kier molecular flexibility index (Phi) is 9.82. The van der Waals surface area contributed by atoms with E-state index < -0.39 is 10.8 Å². The molecule has 2 unspecified atom stereocenters. The Morgan fingerprint density at radius 3 is 1.78 bits per heavy atom. The third-order valence-corrected chi connectivity index (χ3v) is 5.71. The molecule has 2 atom stereocenters. The minimum Gasteiger partial charge on any atom is -0.465 e. The topological polar surface area (TPSA) is 153 Å². The number of hydrogen-bond donors (Lipinski definition) is 3. The molecule has 0 spiro atoms. The fraction of sp³-hybridized carbons (Fsp3) is 0.333. The molecule has 2 aromatic heterocycles. The van der Waals surface area contributed by atoms with Gasteiger partial charge in [-0.3, -0.25) is 19.7 Å². The van der Waals surface area contributed by atoms with Gasteiger partial charge in [0, 0.05) is 51.0 Å². The Balaban J connectivity index is 0.000000255. The summed E-state index contributed by atoms with van der Waals surface area (Å²) < 4.78 is 9.94. The van der Waals surface area contributed by atoms with Crippen molar-refractivity contribution in [1.29, 1.82) is 0 Å². The molecule has 0 aliphatic carbocycles. The summed E-state index contributed by atoms with van der Waals surface area (Å²) >= 11 is 0. The van der Waals surface area contributed by atoms with Crippen LogP contribution in [0.15, 0.2) is 48.5 Å². The standard InChI is InChI=1S/C13H14N2O4.C13H16N2O2.CH4/c1-3-19-13(16)8(2)12-7-9-6-10(15(17)18)4-5-11(9)14-12;1-3-17-13(16)8(2)12-7-9-6-10(14)4-5-11(9)15-12;/h4-8,14H,3H2,1-2H3;4-8,15H,3,14H2,1-2H3;1H4. The molecule has 198 valence electrons. The molecule has 10 nitrogen and oxygen atoms in total. The van der Waals surface area contributed by atoms with Gasteiger partial charge in [0.05, 0.1) is 30.0 Å². The maximum Gasteiger partial charge on any atom is 0.314 e. The van der Waals surface area contributed by atoms with E-state index in [1.54, 1.807) is 32.9 Å². The van der Waals surface area contributed by atoms with E-state index in [1.165, 1.54) is 12.1 Å². The van der Waals surface area contributed by atoms with Crippen molar-refractivity contribution in [2.75, 3.05) is 18.9 Å². The van der Waals surface area contributed by atoms with Gasteiger partial charge in [-0.15, -0.1) is 0 Å². The van der Waals surface area contributed by atoms with Gasteiger partial charge in [-0.2, -0.15) is 0 Å². The summed E-state index contributed by atoms with van der Waals surface area (Å²) in [7, 11) is 0. The highest BCUT2D eigenvalue weighted by Crippen LogP contribution is 2.26. The summed E-state index contributed by atoms with van der Waals surface area (Å²) in [5.41, 5.74) is 9.73. The number of nitrogens with zero attached hydrogens (tertiary/aromatic N) is 1. The lowest BCUT2D eigenvalue weighted by atomic mass is 10.1. The molecule has 4 N–H and O–H groups in total. The minimum absolute atomic E-state index is 0. The van der Waals surface area contributed by atoms with E-state index in [0.29, 0.717) is 30.0 Å². The summed E-state index contributed by atoms with van der Waals surface area (Å²) in [6, 6.07) is 13.8. The van der Waals surface area contributed by atoms with Crippen LogP contribution in [0.25, 0.3) is 21.8 Å². The van der Waals surface area contributed by atoms with Crippen molar-refractivity contribution < 1.29 is 24.0 Å². The van der Waals surface area contributed by atoms with E-state index in [9.17, 15) is 19.7 Å². The molecule has 2 heterocycles. The number of esters is 2. The number of carbonyl (C=O) groups excluding carboxylic acids is 2. The fourth-order valence-electron chi connectivity index (χ4n) is 3.68. The number of H-pyrrole nitrogens is 2. The van der Waals surface area contributed by atoms with Crippen LogP contribution in [-0.2, 0) is 19.1 Å². The number of carbonyl (C=O) groups is 2. The maximum absolute atomic E-state index is 11.6. The van der Waals surface area contributed by atoms with Gasteiger partial charge in [0.25, 0.3) is 5.69 Å². The molecule has 37 heavy (non-hydrogen) atoms. The zero-order chi connectivity index (χ0) is 26.4. The van der Waals surface area contributed by atoms with Crippen molar-refractivity contribution in [1.82, 2.24) is 9.97 Å². The lowest BCUT2D eigenvalue weighted by molar-refractivity contribution is -0.384. The quantitative estimate of drug-likeness (QED) is 0.123. The van der Waals surface area contributed by atoms with E-state index in [-0.39, 0.29) is 31.0 Å². The van der Waals surface area contributed by atoms with Gasteiger partial charge < -0.3 is 25.2 Å². The number of nitrogens with two attached hydrogens (primary N) is 1. The number of rotatable bonds is 7. The van der Waals surface area contributed by atoms with Crippen molar-refractivity contribution in [3.63, 3.8) is 0 Å². The van der Waals surface area contributed by atoms with E-state index >= 15 is 0 Å². The van der Waals surface area contributed by atoms with Crippen LogP contribution < -0.4 is 5.73 Å². The minimum atomic E-state index is -0.444. The van der Waals surface area contributed by atoms with Gasteiger partial charge in [0.15, 0.2) is 0 Å². The first-order chi connectivity index (χ1) is 17.1. The van der Waals surface area contributed by atoms with Crippen LogP contribution in [0.1, 0.15) is 58.3 Å². The molecule has 0 saturated heterocycles.